The first-order valence-corrected chi connectivity index (χ1v) is 8.26. The molecule has 20 heavy (non-hydrogen) atoms. The molecule has 2 aromatic rings. The molecule has 1 saturated heterocycles. The zero-order valence-corrected chi connectivity index (χ0v) is 13.3. The van der Waals surface area contributed by atoms with Crippen LogP contribution < -0.4 is 10.6 Å². The van der Waals surface area contributed by atoms with Crippen LogP contribution in [0.4, 0.5) is 10.8 Å². The van der Waals surface area contributed by atoms with Crippen molar-refractivity contribution in [2.75, 3.05) is 37.4 Å². The highest BCUT2D eigenvalue weighted by Gasteiger charge is 2.28. The van der Waals surface area contributed by atoms with Gasteiger partial charge in [0.15, 0.2) is 0 Å². The van der Waals surface area contributed by atoms with Crippen molar-refractivity contribution in [1.82, 2.24) is 9.36 Å². The van der Waals surface area contributed by atoms with Gasteiger partial charge in [0.25, 0.3) is 0 Å². The van der Waals surface area contributed by atoms with E-state index in [9.17, 15) is 0 Å². The van der Waals surface area contributed by atoms with Crippen LogP contribution in [-0.4, -0.2) is 36.2 Å². The number of anilines is 2. The fourth-order valence-electron chi connectivity index (χ4n) is 2.57. The molecule has 1 atom stereocenters. The molecule has 1 unspecified atom stereocenters. The normalized spacial score (nSPS) is 18.9. The van der Waals surface area contributed by atoms with Crippen molar-refractivity contribution in [1.29, 1.82) is 0 Å². The first-order valence-electron chi connectivity index (χ1n) is 6.60. The van der Waals surface area contributed by atoms with Gasteiger partial charge in [-0.2, -0.15) is 4.37 Å². The number of methoxy groups -OCH3 is 1. The molecule has 3 heterocycles. The van der Waals surface area contributed by atoms with Gasteiger partial charge in [-0.05, 0) is 24.9 Å². The summed E-state index contributed by atoms with van der Waals surface area (Å²) in [5.74, 6) is 1.18. The van der Waals surface area contributed by atoms with Gasteiger partial charge in [-0.3, -0.25) is 0 Å². The van der Waals surface area contributed by atoms with Crippen molar-refractivity contribution in [3.63, 3.8) is 0 Å². The summed E-state index contributed by atoms with van der Waals surface area (Å²) in [7, 11) is 1.76. The van der Waals surface area contributed by atoms with Crippen LogP contribution in [-0.2, 0) is 4.74 Å². The van der Waals surface area contributed by atoms with E-state index in [0.717, 1.165) is 47.4 Å². The summed E-state index contributed by atoms with van der Waals surface area (Å²) in [6.45, 7) is 4.86. The summed E-state index contributed by atoms with van der Waals surface area (Å²) < 4.78 is 9.59. The second-order valence-electron chi connectivity index (χ2n) is 5.10. The Hall–Kier alpha value is -1.18. The molecule has 2 N–H and O–H groups in total. The molecule has 0 aromatic carbocycles. The van der Waals surface area contributed by atoms with Gasteiger partial charge in [0.05, 0.1) is 12.2 Å². The number of nitrogens with zero attached hydrogens (tertiary/aromatic N) is 3. The molecule has 2 aromatic heterocycles. The lowest BCUT2D eigenvalue weighted by Gasteiger charge is -2.17. The van der Waals surface area contributed by atoms with Gasteiger partial charge in [0.1, 0.15) is 15.8 Å². The van der Waals surface area contributed by atoms with Crippen LogP contribution in [0.2, 0.25) is 0 Å². The van der Waals surface area contributed by atoms with Gasteiger partial charge in [0.2, 0.25) is 0 Å². The largest absolute Gasteiger partial charge is 0.384 e. The molecule has 0 bridgehead atoms. The van der Waals surface area contributed by atoms with Crippen molar-refractivity contribution in [2.45, 2.75) is 13.3 Å². The van der Waals surface area contributed by atoms with Crippen LogP contribution in [0.3, 0.4) is 0 Å². The average molecular weight is 310 g/mol. The Morgan fingerprint density at radius 3 is 3.10 bits per heavy atom. The first-order chi connectivity index (χ1) is 9.69. The Morgan fingerprint density at radius 2 is 2.40 bits per heavy atom. The zero-order valence-electron chi connectivity index (χ0n) is 11.6. The molecule has 0 radical (unpaired) electrons. The van der Waals surface area contributed by atoms with Gasteiger partial charge >= 0.3 is 0 Å². The molecule has 0 aliphatic carbocycles. The highest BCUT2D eigenvalue weighted by atomic mass is 32.1. The zero-order chi connectivity index (χ0) is 14.1. The summed E-state index contributed by atoms with van der Waals surface area (Å²) in [5.41, 5.74) is 8.09. The van der Waals surface area contributed by atoms with Gasteiger partial charge < -0.3 is 15.4 Å². The molecule has 0 spiro atoms. The third-order valence-corrected chi connectivity index (χ3v) is 5.41. The summed E-state index contributed by atoms with van der Waals surface area (Å²) in [5, 5.41) is 4.17. The van der Waals surface area contributed by atoms with E-state index in [1.807, 2.05) is 12.3 Å². The average Bonchev–Trinajstić information content (AvgIpc) is 3.10. The van der Waals surface area contributed by atoms with Crippen molar-refractivity contribution in [3.8, 4) is 10.6 Å². The lowest BCUT2D eigenvalue weighted by molar-refractivity contribution is 0.161. The standard InChI is InChI=1S/C13H18N4OS2/c1-8-7-19-12(15-8)10-11(14)16-20-13(10)17-4-3-9(5-17)6-18-2/h7,9H,3-6H2,1-2H3,(H2,14,16). The van der Waals surface area contributed by atoms with Crippen molar-refractivity contribution < 1.29 is 4.74 Å². The number of rotatable bonds is 4. The molecule has 5 nitrogen and oxygen atoms in total. The van der Waals surface area contributed by atoms with Gasteiger partial charge in [-0.25, -0.2) is 4.98 Å². The maximum absolute atomic E-state index is 6.06. The van der Waals surface area contributed by atoms with Gasteiger partial charge in [0, 0.05) is 37.2 Å². The van der Waals surface area contributed by atoms with Crippen LogP contribution in [0.15, 0.2) is 5.38 Å². The highest BCUT2D eigenvalue weighted by molar-refractivity contribution is 7.15. The molecule has 108 valence electrons. The molecule has 3 rings (SSSR count). The molecule has 1 aliphatic rings. The van der Waals surface area contributed by atoms with E-state index in [-0.39, 0.29) is 0 Å². The van der Waals surface area contributed by atoms with E-state index >= 15 is 0 Å². The SMILES string of the molecule is COCC1CCN(c2snc(N)c2-c2nc(C)cs2)C1. The summed E-state index contributed by atoms with van der Waals surface area (Å²) >= 11 is 3.10. The minimum atomic E-state index is 0.592. The van der Waals surface area contributed by atoms with E-state index in [2.05, 4.69) is 14.3 Å². The van der Waals surface area contributed by atoms with Crippen LogP contribution in [0.5, 0.6) is 0 Å². The molecule has 1 aliphatic heterocycles. The Labute approximate surface area is 126 Å². The Kier molecular flexibility index (Phi) is 3.91. The monoisotopic (exact) mass is 310 g/mol. The maximum atomic E-state index is 6.06. The smallest absolute Gasteiger partial charge is 0.149 e. The number of ether oxygens (including phenoxy) is 1. The predicted molar refractivity (Wildman–Crippen MR) is 84.6 cm³/mol. The van der Waals surface area contributed by atoms with Crippen LogP contribution in [0.1, 0.15) is 12.1 Å². The minimum absolute atomic E-state index is 0.592. The van der Waals surface area contributed by atoms with E-state index in [0.29, 0.717) is 11.7 Å². The van der Waals surface area contributed by atoms with Crippen molar-refractivity contribution in [3.05, 3.63) is 11.1 Å². The van der Waals surface area contributed by atoms with E-state index < -0.39 is 0 Å². The second-order valence-corrected chi connectivity index (χ2v) is 6.71. The molecule has 0 saturated carbocycles. The minimum Gasteiger partial charge on any atom is -0.384 e. The topological polar surface area (TPSA) is 64.3 Å². The third-order valence-electron chi connectivity index (χ3n) is 3.51. The number of aryl methyl sites for hydroxylation is 1. The second kappa shape index (κ2) is 5.67. The number of hydrogen-bond acceptors (Lipinski definition) is 7. The molecular formula is C13H18N4OS2. The molecular weight excluding hydrogens is 292 g/mol. The van der Waals surface area contributed by atoms with Crippen LogP contribution in [0, 0.1) is 12.8 Å². The summed E-state index contributed by atoms with van der Waals surface area (Å²) in [4.78, 5) is 6.92. The Bertz CT molecular complexity index is 595. The highest BCUT2D eigenvalue weighted by Crippen LogP contribution is 2.42. The lowest BCUT2D eigenvalue weighted by atomic mass is 10.1. The van der Waals surface area contributed by atoms with Crippen LogP contribution >= 0.6 is 22.9 Å². The van der Waals surface area contributed by atoms with E-state index in [4.69, 9.17) is 10.5 Å². The maximum Gasteiger partial charge on any atom is 0.149 e. The molecule has 0 amide bonds. The number of aromatic nitrogens is 2. The number of nitrogen functional groups attached to an aromatic ring is 1. The summed E-state index contributed by atoms with van der Waals surface area (Å²) in [6, 6.07) is 0. The molecule has 1 fully saturated rings. The van der Waals surface area contributed by atoms with Crippen LogP contribution in [0.25, 0.3) is 10.6 Å². The van der Waals surface area contributed by atoms with E-state index in [1.54, 1.807) is 18.4 Å². The number of nitrogens with two attached hydrogens (primary N) is 1. The van der Waals surface area contributed by atoms with Crippen molar-refractivity contribution >= 4 is 33.7 Å². The number of hydrogen-bond donors (Lipinski definition) is 1. The fourth-order valence-corrected chi connectivity index (χ4v) is 4.33. The summed E-state index contributed by atoms with van der Waals surface area (Å²) in [6.07, 6.45) is 1.15. The van der Waals surface area contributed by atoms with Gasteiger partial charge in [-0.1, -0.05) is 0 Å². The third kappa shape index (κ3) is 2.53. The molecule has 7 heteroatoms. The predicted octanol–water partition coefficient (Wildman–Crippen LogP) is 2.63. The van der Waals surface area contributed by atoms with Gasteiger partial charge in [-0.15, -0.1) is 11.3 Å². The lowest BCUT2D eigenvalue weighted by Crippen LogP contribution is -2.20. The Balaban J connectivity index is 1.88. The fraction of sp³-hybridized carbons (Fsp3) is 0.538. The van der Waals surface area contributed by atoms with Crippen molar-refractivity contribution in [2.24, 2.45) is 5.92 Å². The number of thiazole rings is 1. The Morgan fingerprint density at radius 1 is 1.55 bits per heavy atom. The van der Waals surface area contributed by atoms with E-state index in [1.165, 1.54) is 11.5 Å². The quantitative estimate of drug-likeness (QED) is 0.940. The first kappa shape index (κ1) is 13.8.